The first kappa shape index (κ1) is 12.3. The first-order valence-electron chi connectivity index (χ1n) is 6.48. The second kappa shape index (κ2) is 5.48. The number of rotatable bonds is 5. The Morgan fingerprint density at radius 1 is 1.20 bits per heavy atom. The summed E-state index contributed by atoms with van der Waals surface area (Å²) in [6, 6.07) is 12.3. The van der Waals surface area contributed by atoms with Gasteiger partial charge in [-0.25, -0.2) is 4.68 Å². The molecule has 3 rings (SSSR count). The largest absolute Gasteiger partial charge is 0.381 e. The van der Waals surface area contributed by atoms with Crippen LogP contribution in [-0.4, -0.2) is 14.3 Å². The van der Waals surface area contributed by atoms with Gasteiger partial charge < -0.3 is 9.88 Å². The standard InChI is InChI=1S/C16H16N4/c1-2-20-13-14(12-18-20)11-17-15-6-5-7-16(10-15)19-8-3-4-9-19/h2-10,12-13,17H,1,11H2. The number of aromatic nitrogens is 3. The molecule has 0 bridgehead atoms. The van der Waals surface area contributed by atoms with Crippen molar-refractivity contribution in [3.05, 3.63) is 73.3 Å². The van der Waals surface area contributed by atoms with E-state index in [9.17, 15) is 0 Å². The van der Waals surface area contributed by atoms with E-state index in [0.717, 1.165) is 23.5 Å². The first-order valence-corrected chi connectivity index (χ1v) is 6.48. The minimum atomic E-state index is 0.739. The quantitative estimate of drug-likeness (QED) is 0.766. The van der Waals surface area contributed by atoms with Crippen LogP contribution in [0.15, 0.2) is 67.8 Å². The van der Waals surface area contributed by atoms with E-state index in [-0.39, 0.29) is 0 Å². The molecule has 0 aliphatic rings. The molecule has 2 heterocycles. The Morgan fingerprint density at radius 2 is 2.05 bits per heavy atom. The highest BCUT2D eigenvalue weighted by atomic mass is 15.2. The smallest absolute Gasteiger partial charge is 0.0543 e. The van der Waals surface area contributed by atoms with Crippen LogP contribution in [0.4, 0.5) is 5.69 Å². The fourth-order valence-electron chi connectivity index (χ4n) is 2.06. The molecule has 0 spiro atoms. The SMILES string of the molecule is C=Cn1cc(CNc2cccc(-n3cccc3)c2)cn1. The van der Waals surface area contributed by atoms with Crippen molar-refractivity contribution < 1.29 is 0 Å². The van der Waals surface area contributed by atoms with Crippen molar-refractivity contribution in [1.29, 1.82) is 0 Å². The normalized spacial score (nSPS) is 10.4. The van der Waals surface area contributed by atoms with Crippen molar-refractivity contribution in [1.82, 2.24) is 14.3 Å². The van der Waals surface area contributed by atoms with Gasteiger partial charge in [-0.05, 0) is 30.3 Å². The number of nitrogens with one attached hydrogen (secondary N) is 1. The fraction of sp³-hybridized carbons (Fsp3) is 0.0625. The molecule has 4 heteroatoms. The number of anilines is 1. The molecule has 20 heavy (non-hydrogen) atoms. The molecule has 3 aromatic rings. The summed E-state index contributed by atoms with van der Waals surface area (Å²) in [7, 11) is 0. The Balaban J connectivity index is 1.71. The third-order valence-electron chi connectivity index (χ3n) is 3.09. The number of nitrogens with zero attached hydrogens (tertiary/aromatic N) is 3. The summed E-state index contributed by atoms with van der Waals surface area (Å²) in [5, 5.41) is 7.56. The van der Waals surface area contributed by atoms with Gasteiger partial charge >= 0.3 is 0 Å². The maximum absolute atomic E-state index is 4.16. The summed E-state index contributed by atoms with van der Waals surface area (Å²) < 4.78 is 3.79. The van der Waals surface area contributed by atoms with Crippen LogP contribution < -0.4 is 5.32 Å². The fourth-order valence-corrected chi connectivity index (χ4v) is 2.06. The average Bonchev–Trinajstić information content (AvgIpc) is 3.17. The number of hydrogen-bond acceptors (Lipinski definition) is 2. The van der Waals surface area contributed by atoms with Crippen LogP contribution >= 0.6 is 0 Å². The van der Waals surface area contributed by atoms with Crippen molar-refractivity contribution in [3.8, 4) is 5.69 Å². The minimum absolute atomic E-state index is 0.739. The van der Waals surface area contributed by atoms with E-state index in [0.29, 0.717) is 0 Å². The van der Waals surface area contributed by atoms with E-state index in [1.165, 1.54) is 0 Å². The van der Waals surface area contributed by atoms with Gasteiger partial charge in [0.05, 0.1) is 6.20 Å². The molecule has 0 saturated heterocycles. The van der Waals surface area contributed by atoms with Gasteiger partial charge in [0.2, 0.25) is 0 Å². The zero-order valence-corrected chi connectivity index (χ0v) is 11.1. The molecule has 0 fully saturated rings. The average molecular weight is 264 g/mol. The molecule has 0 amide bonds. The molecule has 2 aromatic heterocycles. The predicted octanol–water partition coefficient (Wildman–Crippen LogP) is 3.39. The molecule has 0 aliphatic carbocycles. The van der Waals surface area contributed by atoms with E-state index in [2.05, 4.69) is 39.8 Å². The summed E-state index contributed by atoms with van der Waals surface area (Å²) in [4.78, 5) is 0. The maximum atomic E-state index is 4.16. The van der Waals surface area contributed by atoms with Gasteiger partial charge in [0.1, 0.15) is 0 Å². The van der Waals surface area contributed by atoms with Crippen molar-refractivity contribution in [2.45, 2.75) is 6.54 Å². The lowest BCUT2D eigenvalue weighted by Gasteiger charge is -2.08. The summed E-state index contributed by atoms with van der Waals surface area (Å²) in [5.74, 6) is 0. The molecular formula is C16H16N4. The predicted molar refractivity (Wildman–Crippen MR) is 81.7 cm³/mol. The van der Waals surface area contributed by atoms with Crippen LogP contribution in [0.25, 0.3) is 11.9 Å². The van der Waals surface area contributed by atoms with Crippen LogP contribution in [0.1, 0.15) is 5.56 Å². The topological polar surface area (TPSA) is 34.8 Å². The van der Waals surface area contributed by atoms with Crippen LogP contribution in [-0.2, 0) is 6.54 Å². The third kappa shape index (κ3) is 2.64. The first-order chi connectivity index (χ1) is 9.85. The Hall–Kier alpha value is -2.75. The van der Waals surface area contributed by atoms with Gasteiger partial charge in [0, 0.05) is 48.3 Å². The molecule has 100 valence electrons. The monoisotopic (exact) mass is 264 g/mol. The number of benzene rings is 1. The lowest BCUT2D eigenvalue weighted by atomic mass is 10.2. The van der Waals surface area contributed by atoms with Crippen LogP contribution in [0.2, 0.25) is 0 Å². The van der Waals surface area contributed by atoms with Crippen LogP contribution in [0, 0.1) is 0 Å². The second-order valence-corrected chi connectivity index (χ2v) is 4.51. The Labute approximate surface area is 118 Å². The van der Waals surface area contributed by atoms with Gasteiger partial charge in [-0.15, -0.1) is 0 Å². The number of hydrogen-bond donors (Lipinski definition) is 1. The molecule has 0 radical (unpaired) electrons. The maximum Gasteiger partial charge on any atom is 0.0543 e. The molecular weight excluding hydrogens is 248 g/mol. The molecule has 4 nitrogen and oxygen atoms in total. The lowest BCUT2D eigenvalue weighted by Crippen LogP contribution is -1.99. The summed E-state index contributed by atoms with van der Waals surface area (Å²) in [5.41, 5.74) is 3.35. The summed E-state index contributed by atoms with van der Waals surface area (Å²) in [6.07, 6.45) is 9.54. The summed E-state index contributed by atoms with van der Waals surface area (Å²) >= 11 is 0. The van der Waals surface area contributed by atoms with Gasteiger partial charge in [-0.3, -0.25) is 0 Å². The molecule has 0 saturated carbocycles. The summed E-state index contributed by atoms with van der Waals surface area (Å²) in [6.45, 7) is 4.42. The van der Waals surface area contributed by atoms with Crippen molar-refractivity contribution >= 4 is 11.9 Å². The van der Waals surface area contributed by atoms with Crippen LogP contribution in [0.3, 0.4) is 0 Å². The second-order valence-electron chi connectivity index (χ2n) is 4.51. The Bertz CT molecular complexity index is 695. The molecule has 1 aromatic carbocycles. The van der Waals surface area contributed by atoms with E-state index in [1.54, 1.807) is 10.9 Å². The molecule has 0 aliphatic heterocycles. The van der Waals surface area contributed by atoms with Crippen LogP contribution in [0.5, 0.6) is 0 Å². The molecule has 0 unspecified atom stereocenters. The van der Waals surface area contributed by atoms with Crippen molar-refractivity contribution in [3.63, 3.8) is 0 Å². The zero-order valence-electron chi connectivity index (χ0n) is 11.1. The minimum Gasteiger partial charge on any atom is -0.381 e. The van der Waals surface area contributed by atoms with E-state index >= 15 is 0 Å². The zero-order chi connectivity index (χ0) is 13.8. The highest BCUT2D eigenvalue weighted by Crippen LogP contribution is 2.15. The van der Waals surface area contributed by atoms with Gasteiger partial charge in [0.25, 0.3) is 0 Å². The molecule has 0 atom stereocenters. The third-order valence-corrected chi connectivity index (χ3v) is 3.09. The van der Waals surface area contributed by atoms with Gasteiger partial charge in [-0.1, -0.05) is 12.6 Å². The van der Waals surface area contributed by atoms with E-state index in [1.807, 2.05) is 43.0 Å². The highest BCUT2D eigenvalue weighted by molar-refractivity contribution is 5.51. The van der Waals surface area contributed by atoms with Gasteiger partial charge in [0.15, 0.2) is 0 Å². The highest BCUT2D eigenvalue weighted by Gasteiger charge is 1.99. The van der Waals surface area contributed by atoms with Crippen molar-refractivity contribution in [2.24, 2.45) is 0 Å². The van der Waals surface area contributed by atoms with Gasteiger partial charge in [-0.2, -0.15) is 5.10 Å². The van der Waals surface area contributed by atoms with Crippen molar-refractivity contribution in [2.75, 3.05) is 5.32 Å². The Kier molecular flexibility index (Phi) is 3.37. The lowest BCUT2D eigenvalue weighted by molar-refractivity contribution is 0.936. The van der Waals surface area contributed by atoms with E-state index < -0.39 is 0 Å². The molecule has 1 N–H and O–H groups in total. The van der Waals surface area contributed by atoms with E-state index in [4.69, 9.17) is 0 Å². The Morgan fingerprint density at radius 3 is 2.80 bits per heavy atom.